The Labute approximate surface area is 122 Å². The van der Waals surface area contributed by atoms with Crippen LogP contribution in [0.2, 0.25) is 0 Å². The van der Waals surface area contributed by atoms with Crippen molar-refractivity contribution < 1.29 is 18.0 Å². The molecule has 0 radical (unpaired) electrons. The number of rotatable bonds is 2. The Kier molecular flexibility index (Phi) is 3.29. The Morgan fingerprint density at radius 1 is 1.00 bits per heavy atom. The molecule has 3 aromatic rings. The van der Waals surface area contributed by atoms with Gasteiger partial charge >= 0.3 is 6.18 Å². The van der Waals surface area contributed by atoms with Crippen molar-refractivity contribution in [1.82, 2.24) is 0 Å². The van der Waals surface area contributed by atoms with Crippen molar-refractivity contribution in [2.45, 2.75) is 6.18 Å². The van der Waals surface area contributed by atoms with Gasteiger partial charge in [0.2, 0.25) is 0 Å². The highest BCUT2D eigenvalue weighted by Crippen LogP contribution is 2.37. The molecule has 5 heteroatoms. The van der Waals surface area contributed by atoms with Crippen molar-refractivity contribution in [1.29, 1.82) is 0 Å². The molecule has 0 aliphatic heterocycles. The summed E-state index contributed by atoms with van der Waals surface area (Å²) in [6.07, 6.45) is -3.59. The summed E-state index contributed by atoms with van der Waals surface area (Å²) in [5.41, 5.74) is 0.723. The number of carbonyl (C=O) groups excluding carboxylic acids is 1. The number of hydrogen-bond acceptors (Lipinski definition) is 2. The minimum absolute atomic E-state index is 0.543. The van der Waals surface area contributed by atoms with Gasteiger partial charge in [-0.3, -0.25) is 4.79 Å². The zero-order valence-electron chi connectivity index (χ0n) is 10.6. The fraction of sp³-hybridized carbons (Fsp3) is 0.0625. The van der Waals surface area contributed by atoms with E-state index in [0.29, 0.717) is 10.3 Å². The van der Waals surface area contributed by atoms with Crippen molar-refractivity contribution in [3.05, 3.63) is 59.7 Å². The predicted octanol–water partition coefficient (Wildman–Crippen LogP) is 5.40. The first kappa shape index (κ1) is 13.8. The third-order valence-electron chi connectivity index (χ3n) is 3.15. The van der Waals surface area contributed by atoms with Crippen LogP contribution in [-0.2, 0) is 6.18 Å². The average Bonchev–Trinajstić information content (AvgIpc) is 2.89. The van der Waals surface area contributed by atoms with Gasteiger partial charge in [-0.15, -0.1) is 11.3 Å². The molecule has 0 saturated carbocycles. The van der Waals surface area contributed by atoms with Gasteiger partial charge in [0.1, 0.15) is 6.29 Å². The van der Waals surface area contributed by atoms with E-state index >= 15 is 0 Å². The van der Waals surface area contributed by atoms with E-state index in [4.69, 9.17) is 0 Å². The molecule has 0 unspecified atom stereocenters. The minimum Gasteiger partial charge on any atom is -0.298 e. The number of carbonyl (C=O) groups is 1. The van der Waals surface area contributed by atoms with Gasteiger partial charge in [-0.2, -0.15) is 13.2 Å². The van der Waals surface area contributed by atoms with Gasteiger partial charge in [0.05, 0.1) is 5.56 Å². The number of hydrogen-bond donors (Lipinski definition) is 0. The van der Waals surface area contributed by atoms with Gasteiger partial charge in [-0.1, -0.05) is 24.3 Å². The van der Waals surface area contributed by atoms with Crippen LogP contribution in [0.4, 0.5) is 13.2 Å². The third kappa shape index (κ3) is 2.69. The van der Waals surface area contributed by atoms with Gasteiger partial charge in [0.15, 0.2) is 0 Å². The number of halogens is 3. The van der Waals surface area contributed by atoms with Crippen molar-refractivity contribution >= 4 is 27.7 Å². The molecule has 0 saturated heterocycles. The summed E-state index contributed by atoms with van der Waals surface area (Å²) in [4.78, 5) is 11.6. The number of benzene rings is 2. The highest BCUT2D eigenvalue weighted by Gasteiger charge is 2.30. The molecule has 0 aliphatic carbocycles. The first-order valence-corrected chi connectivity index (χ1v) is 6.95. The van der Waals surface area contributed by atoms with Crippen LogP contribution in [0.15, 0.2) is 48.5 Å². The largest absolute Gasteiger partial charge is 0.416 e. The van der Waals surface area contributed by atoms with Crippen molar-refractivity contribution in [2.24, 2.45) is 0 Å². The topological polar surface area (TPSA) is 17.1 Å². The van der Waals surface area contributed by atoms with E-state index in [0.717, 1.165) is 34.2 Å². The Bertz CT molecular complexity index is 818. The lowest BCUT2D eigenvalue weighted by Crippen LogP contribution is -2.03. The minimum atomic E-state index is -4.34. The molecule has 21 heavy (non-hydrogen) atoms. The van der Waals surface area contributed by atoms with E-state index in [1.807, 2.05) is 12.1 Å². The summed E-state index contributed by atoms with van der Waals surface area (Å²) in [5.74, 6) is 0. The van der Waals surface area contributed by atoms with E-state index < -0.39 is 11.7 Å². The fourth-order valence-electron chi connectivity index (χ4n) is 2.11. The molecule has 1 aromatic heterocycles. The SMILES string of the molecule is O=Cc1cccc(-c2cc3ccc(C(F)(F)F)cc3s2)c1. The molecule has 1 heterocycles. The van der Waals surface area contributed by atoms with Gasteiger partial charge in [0.25, 0.3) is 0 Å². The second kappa shape index (κ2) is 5.00. The van der Waals surface area contributed by atoms with Crippen LogP contribution in [0.5, 0.6) is 0 Å². The average molecular weight is 306 g/mol. The van der Waals surface area contributed by atoms with E-state index in [2.05, 4.69) is 0 Å². The molecule has 2 aromatic carbocycles. The van der Waals surface area contributed by atoms with Crippen LogP contribution < -0.4 is 0 Å². The van der Waals surface area contributed by atoms with Crippen LogP contribution in [0.1, 0.15) is 15.9 Å². The molecule has 0 fully saturated rings. The van der Waals surface area contributed by atoms with E-state index in [1.54, 1.807) is 18.2 Å². The number of fused-ring (bicyclic) bond motifs is 1. The Balaban J connectivity index is 2.10. The number of alkyl halides is 3. The van der Waals surface area contributed by atoms with Crippen molar-refractivity contribution in [2.75, 3.05) is 0 Å². The third-order valence-corrected chi connectivity index (χ3v) is 4.30. The summed E-state index contributed by atoms with van der Waals surface area (Å²) < 4.78 is 38.7. The second-order valence-corrected chi connectivity index (χ2v) is 5.69. The van der Waals surface area contributed by atoms with E-state index in [1.165, 1.54) is 17.4 Å². The molecule has 1 nitrogen and oxygen atoms in total. The first-order valence-electron chi connectivity index (χ1n) is 6.14. The molecule has 3 rings (SSSR count). The smallest absolute Gasteiger partial charge is 0.298 e. The second-order valence-electron chi connectivity index (χ2n) is 4.60. The molecule has 106 valence electrons. The molecule has 0 bridgehead atoms. The number of aldehydes is 1. The lowest BCUT2D eigenvalue weighted by atomic mass is 10.1. The van der Waals surface area contributed by atoms with Crippen LogP contribution >= 0.6 is 11.3 Å². The molecular weight excluding hydrogens is 297 g/mol. The molecule has 0 aliphatic rings. The zero-order valence-corrected chi connectivity index (χ0v) is 11.5. The molecule has 0 amide bonds. The van der Waals surface area contributed by atoms with Crippen molar-refractivity contribution in [3.63, 3.8) is 0 Å². The summed E-state index contributed by atoms with van der Waals surface area (Å²) in [6, 6.07) is 12.6. The Hall–Kier alpha value is -2.14. The predicted molar refractivity (Wildman–Crippen MR) is 77.7 cm³/mol. The highest BCUT2D eigenvalue weighted by atomic mass is 32.1. The van der Waals surface area contributed by atoms with Gasteiger partial charge < -0.3 is 0 Å². The van der Waals surface area contributed by atoms with E-state index in [-0.39, 0.29) is 0 Å². The molecule has 0 spiro atoms. The Morgan fingerprint density at radius 2 is 1.81 bits per heavy atom. The summed E-state index contributed by atoms with van der Waals surface area (Å²) in [6.45, 7) is 0. The maximum atomic E-state index is 12.7. The highest BCUT2D eigenvalue weighted by molar-refractivity contribution is 7.22. The van der Waals surface area contributed by atoms with Gasteiger partial charge in [0, 0.05) is 15.1 Å². The van der Waals surface area contributed by atoms with E-state index in [9.17, 15) is 18.0 Å². The maximum absolute atomic E-state index is 12.7. The molecule has 0 N–H and O–H groups in total. The monoisotopic (exact) mass is 306 g/mol. The standard InChI is InChI=1S/C16H9F3OS/c17-16(18,19)13-5-4-12-7-14(21-15(12)8-13)11-3-1-2-10(6-11)9-20/h1-9H. The lowest BCUT2D eigenvalue weighted by Gasteiger charge is -2.05. The zero-order chi connectivity index (χ0) is 15.0. The summed E-state index contributed by atoms with van der Waals surface area (Å²) >= 11 is 1.28. The van der Waals surface area contributed by atoms with Gasteiger partial charge in [-0.05, 0) is 35.2 Å². The van der Waals surface area contributed by atoms with Crippen LogP contribution in [0.3, 0.4) is 0 Å². The summed E-state index contributed by atoms with van der Waals surface area (Å²) in [5, 5.41) is 0.763. The van der Waals surface area contributed by atoms with Crippen LogP contribution in [0.25, 0.3) is 20.5 Å². The molecule has 0 atom stereocenters. The maximum Gasteiger partial charge on any atom is 0.416 e. The normalized spacial score (nSPS) is 11.8. The van der Waals surface area contributed by atoms with Gasteiger partial charge in [-0.25, -0.2) is 0 Å². The van der Waals surface area contributed by atoms with Crippen LogP contribution in [-0.4, -0.2) is 6.29 Å². The Morgan fingerprint density at radius 3 is 2.52 bits per heavy atom. The van der Waals surface area contributed by atoms with Crippen molar-refractivity contribution in [3.8, 4) is 10.4 Å². The molecular formula is C16H9F3OS. The number of thiophene rings is 1. The quantitative estimate of drug-likeness (QED) is 0.579. The lowest BCUT2D eigenvalue weighted by molar-refractivity contribution is -0.137. The fourth-order valence-corrected chi connectivity index (χ4v) is 3.21. The summed E-state index contributed by atoms with van der Waals surface area (Å²) in [7, 11) is 0. The first-order chi connectivity index (χ1) is 9.97. The van der Waals surface area contributed by atoms with Crippen LogP contribution in [0, 0.1) is 0 Å².